The van der Waals surface area contributed by atoms with Gasteiger partial charge in [0.1, 0.15) is 0 Å². The summed E-state index contributed by atoms with van der Waals surface area (Å²) in [7, 11) is -3.66. The molecule has 0 amide bonds. The Bertz CT molecular complexity index is 967. The Morgan fingerprint density at radius 1 is 1.20 bits per heavy atom. The van der Waals surface area contributed by atoms with Crippen molar-refractivity contribution in [3.8, 4) is 0 Å². The maximum Gasteiger partial charge on any atom is 0.243 e. The summed E-state index contributed by atoms with van der Waals surface area (Å²) in [6.07, 6.45) is 0. The minimum atomic E-state index is -3.66. The van der Waals surface area contributed by atoms with Gasteiger partial charge in [0.2, 0.25) is 10.0 Å². The van der Waals surface area contributed by atoms with Crippen LogP contribution in [0.25, 0.3) is 0 Å². The van der Waals surface area contributed by atoms with Crippen LogP contribution in [0.4, 0.5) is 5.69 Å². The molecule has 0 saturated carbocycles. The van der Waals surface area contributed by atoms with Crippen molar-refractivity contribution in [3.63, 3.8) is 0 Å². The van der Waals surface area contributed by atoms with Crippen LogP contribution < -0.4 is 5.32 Å². The summed E-state index contributed by atoms with van der Waals surface area (Å²) in [6.45, 7) is 2.12. The molecule has 2 aromatic rings. The summed E-state index contributed by atoms with van der Waals surface area (Å²) in [6, 6.07) is 14.2. The van der Waals surface area contributed by atoms with Gasteiger partial charge in [-0.1, -0.05) is 41.9 Å². The first-order valence-electron chi connectivity index (χ1n) is 9.50. The SMILES string of the molecule is O=S(=O)(c1ccc(Cl)c(NC(=S)N(CCO)Cc2ccccc2)c1)N1CCOCC1. The molecular formula is C20H24ClN3O4S2. The largest absolute Gasteiger partial charge is 0.395 e. The molecule has 0 atom stereocenters. The topological polar surface area (TPSA) is 82.1 Å². The van der Waals surface area contributed by atoms with Gasteiger partial charge >= 0.3 is 0 Å². The normalized spacial score (nSPS) is 15.0. The Hall–Kier alpha value is -1.75. The van der Waals surface area contributed by atoms with Crippen molar-refractivity contribution in [2.45, 2.75) is 11.4 Å². The summed E-state index contributed by atoms with van der Waals surface area (Å²) in [5, 5.41) is 13.2. The molecule has 1 heterocycles. The lowest BCUT2D eigenvalue weighted by molar-refractivity contribution is 0.0730. The van der Waals surface area contributed by atoms with E-state index in [1.165, 1.54) is 22.5 Å². The van der Waals surface area contributed by atoms with Crippen LogP contribution in [0.1, 0.15) is 5.56 Å². The highest BCUT2D eigenvalue weighted by molar-refractivity contribution is 7.89. The second-order valence-electron chi connectivity index (χ2n) is 6.72. The van der Waals surface area contributed by atoms with Gasteiger partial charge in [-0.3, -0.25) is 0 Å². The lowest BCUT2D eigenvalue weighted by Crippen LogP contribution is -2.40. The quantitative estimate of drug-likeness (QED) is 0.603. The van der Waals surface area contributed by atoms with Gasteiger partial charge in [-0.2, -0.15) is 4.31 Å². The van der Waals surface area contributed by atoms with Crippen molar-refractivity contribution in [1.82, 2.24) is 9.21 Å². The number of ether oxygens (including phenoxy) is 1. The molecule has 10 heteroatoms. The molecule has 0 radical (unpaired) electrons. The van der Waals surface area contributed by atoms with E-state index >= 15 is 0 Å². The summed E-state index contributed by atoms with van der Waals surface area (Å²) >= 11 is 11.8. The molecule has 0 aromatic heterocycles. The number of morpholine rings is 1. The number of thiocarbonyl (C=S) groups is 1. The Morgan fingerprint density at radius 2 is 1.90 bits per heavy atom. The van der Waals surface area contributed by atoms with E-state index in [2.05, 4.69) is 5.32 Å². The monoisotopic (exact) mass is 469 g/mol. The smallest absolute Gasteiger partial charge is 0.243 e. The summed E-state index contributed by atoms with van der Waals surface area (Å²) in [5.74, 6) is 0. The summed E-state index contributed by atoms with van der Waals surface area (Å²) < 4.78 is 32.5. The number of benzene rings is 2. The molecule has 0 spiro atoms. The van der Waals surface area contributed by atoms with Gasteiger partial charge < -0.3 is 20.1 Å². The molecule has 1 saturated heterocycles. The molecule has 2 N–H and O–H groups in total. The average Bonchev–Trinajstić information content (AvgIpc) is 2.76. The highest BCUT2D eigenvalue weighted by Gasteiger charge is 2.27. The van der Waals surface area contributed by atoms with Crippen molar-refractivity contribution < 1.29 is 18.3 Å². The van der Waals surface area contributed by atoms with E-state index in [0.29, 0.717) is 55.2 Å². The first-order valence-corrected chi connectivity index (χ1v) is 11.7. The first-order chi connectivity index (χ1) is 14.4. The summed E-state index contributed by atoms with van der Waals surface area (Å²) in [4.78, 5) is 1.93. The lowest BCUT2D eigenvalue weighted by atomic mass is 10.2. The zero-order chi connectivity index (χ0) is 21.6. The third kappa shape index (κ3) is 5.69. The van der Waals surface area contributed by atoms with Crippen molar-refractivity contribution in [1.29, 1.82) is 0 Å². The minimum Gasteiger partial charge on any atom is -0.395 e. The summed E-state index contributed by atoms with van der Waals surface area (Å²) in [5.41, 5.74) is 1.43. The Labute approximate surface area is 187 Å². The molecule has 1 aliphatic heterocycles. The van der Waals surface area contributed by atoms with Gasteiger partial charge in [-0.15, -0.1) is 0 Å². The second-order valence-corrected chi connectivity index (χ2v) is 9.45. The van der Waals surface area contributed by atoms with E-state index in [9.17, 15) is 13.5 Å². The predicted octanol–water partition coefficient (Wildman–Crippen LogP) is 2.55. The van der Waals surface area contributed by atoms with Crippen LogP contribution >= 0.6 is 23.8 Å². The number of nitrogens with one attached hydrogen (secondary N) is 1. The van der Waals surface area contributed by atoms with Crippen LogP contribution in [0.15, 0.2) is 53.4 Å². The van der Waals surface area contributed by atoms with Crippen LogP contribution in [0.5, 0.6) is 0 Å². The number of nitrogens with zero attached hydrogens (tertiary/aromatic N) is 2. The highest BCUT2D eigenvalue weighted by atomic mass is 35.5. The molecule has 162 valence electrons. The number of sulfonamides is 1. The van der Waals surface area contributed by atoms with E-state index in [1.807, 2.05) is 30.3 Å². The lowest BCUT2D eigenvalue weighted by Gasteiger charge is -2.27. The maximum absolute atomic E-state index is 12.9. The number of aliphatic hydroxyl groups is 1. The van der Waals surface area contributed by atoms with Gasteiger partial charge in [0.15, 0.2) is 5.11 Å². The number of hydrogen-bond acceptors (Lipinski definition) is 5. The van der Waals surface area contributed by atoms with E-state index in [0.717, 1.165) is 5.56 Å². The third-order valence-corrected chi connectivity index (χ3v) is 7.25. The highest BCUT2D eigenvalue weighted by Crippen LogP contribution is 2.28. The van der Waals surface area contributed by atoms with Crippen molar-refractivity contribution in [2.24, 2.45) is 0 Å². The van der Waals surface area contributed by atoms with Gasteiger partial charge in [-0.25, -0.2) is 8.42 Å². The molecule has 1 aliphatic rings. The van der Waals surface area contributed by atoms with Crippen LogP contribution in [0.2, 0.25) is 5.02 Å². The number of anilines is 1. The Kier molecular flexibility index (Phi) is 8.04. The van der Waals surface area contributed by atoms with E-state index in [4.69, 9.17) is 28.6 Å². The molecular weight excluding hydrogens is 446 g/mol. The average molecular weight is 470 g/mol. The van der Waals surface area contributed by atoms with Gasteiger partial charge in [0, 0.05) is 26.2 Å². The molecule has 3 rings (SSSR count). The molecule has 30 heavy (non-hydrogen) atoms. The molecule has 0 aliphatic carbocycles. The zero-order valence-electron chi connectivity index (χ0n) is 16.3. The number of aliphatic hydroxyl groups excluding tert-OH is 1. The van der Waals surface area contributed by atoms with Crippen LogP contribution in [-0.2, 0) is 21.3 Å². The van der Waals surface area contributed by atoms with Crippen molar-refractivity contribution in [3.05, 3.63) is 59.1 Å². The molecule has 0 unspecified atom stereocenters. The fourth-order valence-electron chi connectivity index (χ4n) is 3.07. The Balaban J connectivity index is 1.79. The van der Waals surface area contributed by atoms with Crippen molar-refractivity contribution in [2.75, 3.05) is 44.8 Å². The molecule has 1 fully saturated rings. The predicted molar refractivity (Wildman–Crippen MR) is 121 cm³/mol. The van der Waals surface area contributed by atoms with Crippen molar-refractivity contribution >= 4 is 44.6 Å². The number of halogens is 1. The van der Waals surface area contributed by atoms with E-state index < -0.39 is 10.0 Å². The second kappa shape index (κ2) is 10.5. The van der Waals surface area contributed by atoms with E-state index in [-0.39, 0.29) is 11.5 Å². The standard InChI is InChI=1S/C20H24ClN3O4S2/c21-18-7-6-17(30(26,27)24-9-12-28-13-10-24)14-19(18)22-20(29)23(8-11-25)15-16-4-2-1-3-5-16/h1-7,14,25H,8-13,15H2,(H,22,29). The molecule has 2 aromatic carbocycles. The number of rotatable bonds is 7. The Morgan fingerprint density at radius 3 is 2.57 bits per heavy atom. The van der Waals surface area contributed by atoms with Gasteiger partial charge in [0.05, 0.1) is 35.4 Å². The van der Waals surface area contributed by atoms with Gasteiger partial charge in [0.25, 0.3) is 0 Å². The van der Waals surface area contributed by atoms with Crippen LogP contribution in [-0.4, -0.2) is 67.3 Å². The maximum atomic E-state index is 12.9. The zero-order valence-corrected chi connectivity index (χ0v) is 18.7. The van der Waals surface area contributed by atoms with E-state index in [1.54, 1.807) is 4.90 Å². The third-order valence-electron chi connectivity index (χ3n) is 4.66. The first kappa shape index (κ1) is 22.9. The molecule has 0 bridgehead atoms. The minimum absolute atomic E-state index is 0.0756. The molecule has 7 nitrogen and oxygen atoms in total. The van der Waals surface area contributed by atoms with Gasteiger partial charge in [-0.05, 0) is 36.0 Å². The number of hydrogen-bond donors (Lipinski definition) is 2. The fourth-order valence-corrected chi connectivity index (χ4v) is 4.93. The fraction of sp³-hybridized carbons (Fsp3) is 0.350. The van der Waals surface area contributed by atoms with Crippen LogP contribution in [0, 0.1) is 0 Å². The van der Waals surface area contributed by atoms with Crippen LogP contribution in [0.3, 0.4) is 0 Å².